The largest absolute Gasteiger partial charge is 0.443 e. The average Bonchev–Trinajstić information content (AvgIpc) is 3.49. The van der Waals surface area contributed by atoms with E-state index in [2.05, 4.69) is 10.3 Å². The van der Waals surface area contributed by atoms with Gasteiger partial charge in [-0.1, -0.05) is 96.2 Å². The Balaban J connectivity index is 1.49. The number of benzene rings is 3. The molecule has 228 valence electrons. The van der Waals surface area contributed by atoms with Gasteiger partial charge in [0.25, 0.3) is 0 Å². The molecule has 3 amide bonds. The molecule has 14 heteroatoms. The van der Waals surface area contributed by atoms with Crippen LogP contribution in [0.1, 0.15) is 36.8 Å². The summed E-state index contributed by atoms with van der Waals surface area (Å²) in [5.74, 6) is -0.0860. The summed E-state index contributed by atoms with van der Waals surface area (Å²) in [6.45, 7) is -0.195. The molecule has 43 heavy (non-hydrogen) atoms. The number of amidine groups is 1. The number of aliphatic imine (C=N–C) groups is 1. The lowest BCUT2D eigenvalue weighted by Gasteiger charge is -2.29. The van der Waals surface area contributed by atoms with Crippen LogP contribution in [0.25, 0.3) is 11.1 Å². The summed E-state index contributed by atoms with van der Waals surface area (Å²) in [5, 5.41) is 8.34. The molecule has 3 aromatic rings. The number of halogens is 3. The zero-order valence-electron chi connectivity index (χ0n) is 22.9. The molecule has 0 saturated heterocycles. The lowest BCUT2D eigenvalue weighted by atomic mass is 10.1. The second kappa shape index (κ2) is 14.0. The van der Waals surface area contributed by atoms with Crippen molar-refractivity contribution in [1.29, 1.82) is 0 Å². The van der Waals surface area contributed by atoms with Crippen molar-refractivity contribution < 1.29 is 22.7 Å². The van der Waals surface area contributed by atoms with E-state index in [9.17, 15) is 18.0 Å². The Morgan fingerprint density at radius 1 is 1.00 bits per heavy atom. The maximum Gasteiger partial charge on any atom is 0.435 e. The molecule has 1 saturated carbocycles. The molecule has 0 bridgehead atoms. The smallest absolute Gasteiger partial charge is 0.435 e. The molecule has 5 N–H and O–H groups in total. The van der Waals surface area contributed by atoms with Crippen LogP contribution in [0.5, 0.6) is 0 Å². The maximum atomic E-state index is 13.5. The SMILES string of the molecule is NC(=NC(=O)OCC(Cl)(Cl)Cl)c1cccc(CN(C(=O)Nc2ccc(-c3ccccc3S(N)(=O)=O)cc2)C2CCCC2)c1. The van der Waals surface area contributed by atoms with E-state index in [1.54, 1.807) is 65.6 Å². The quantitative estimate of drug-likeness (QED) is 0.148. The Morgan fingerprint density at radius 2 is 1.67 bits per heavy atom. The predicted molar refractivity (Wildman–Crippen MR) is 169 cm³/mol. The molecular formula is C29H30Cl3N5O5S. The third-order valence-electron chi connectivity index (χ3n) is 6.81. The first-order valence-electron chi connectivity index (χ1n) is 13.3. The second-order valence-corrected chi connectivity index (χ2v) is 14.0. The number of ether oxygens (including phenoxy) is 1. The fourth-order valence-corrected chi connectivity index (χ4v) is 5.75. The highest BCUT2D eigenvalue weighted by Gasteiger charge is 2.27. The van der Waals surface area contributed by atoms with Crippen molar-refractivity contribution in [3.05, 3.63) is 83.9 Å². The van der Waals surface area contributed by atoms with Gasteiger partial charge in [0.15, 0.2) is 0 Å². The Morgan fingerprint density at radius 3 is 2.33 bits per heavy atom. The lowest BCUT2D eigenvalue weighted by molar-refractivity contribution is 0.159. The van der Waals surface area contributed by atoms with Gasteiger partial charge in [0.2, 0.25) is 13.8 Å². The number of urea groups is 1. The van der Waals surface area contributed by atoms with Crippen LogP contribution in [0.2, 0.25) is 0 Å². The van der Waals surface area contributed by atoms with Crippen LogP contribution in [0.4, 0.5) is 15.3 Å². The number of nitrogens with two attached hydrogens (primary N) is 2. The minimum Gasteiger partial charge on any atom is -0.443 e. The van der Waals surface area contributed by atoms with E-state index in [1.807, 2.05) is 6.07 Å². The molecule has 0 spiro atoms. The maximum absolute atomic E-state index is 13.5. The van der Waals surface area contributed by atoms with Gasteiger partial charge in [-0.25, -0.2) is 23.1 Å². The van der Waals surface area contributed by atoms with E-state index in [-0.39, 0.29) is 29.3 Å². The molecule has 0 unspecified atom stereocenters. The zero-order valence-corrected chi connectivity index (χ0v) is 26.0. The van der Waals surface area contributed by atoms with Crippen LogP contribution in [0, 0.1) is 0 Å². The van der Waals surface area contributed by atoms with Gasteiger partial charge in [-0.3, -0.25) is 0 Å². The van der Waals surface area contributed by atoms with Crippen molar-refractivity contribution >= 4 is 68.5 Å². The normalized spacial score (nSPS) is 14.4. The number of nitrogens with one attached hydrogen (secondary N) is 1. The minimum atomic E-state index is -3.91. The monoisotopic (exact) mass is 665 g/mol. The number of nitrogens with zero attached hydrogens (tertiary/aromatic N) is 2. The van der Waals surface area contributed by atoms with Gasteiger partial charge in [-0.15, -0.1) is 0 Å². The fraction of sp³-hybridized carbons (Fsp3) is 0.276. The number of anilines is 1. The van der Waals surface area contributed by atoms with E-state index in [4.69, 9.17) is 50.4 Å². The van der Waals surface area contributed by atoms with Crippen LogP contribution >= 0.6 is 34.8 Å². The predicted octanol–water partition coefficient (Wildman–Crippen LogP) is 6.19. The lowest BCUT2D eigenvalue weighted by Crippen LogP contribution is -2.41. The Hall–Kier alpha value is -3.35. The number of hydrogen-bond donors (Lipinski definition) is 3. The van der Waals surface area contributed by atoms with Gasteiger partial charge in [0, 0.05) is 29.4 Å². The van der Waals surface area contributed by atoms with Crippen LogP contribution < -0.4 is 16.2 Å². The highest BCUT2D eigenvalue weighted by molar-refractivity contribution is 7.89. The van der Waals surface area contributed by atoms with Gasteiger partial charge in [-0.05, 0) is 48.2 Å². The number of alkyl halides is 3. The standard InChI is InChI=1S/C29H30Cl3N5O5S/c30-29(31,32)18-42-28(39)36-26(33)21-7-5-6-19(16-21)17-37(23-8-1-2-9-23)27(38)35-22-14-12-20(13-15-22)24-10-3-4-11-25(24)43(34,40)41/h3-7,10-16,23H,1-2,8-9,17-18H2,(H,35,38)(H2,33,36,39)(H2,34,40,41). The van der Waals surface area contributed by atoms with E-state index in [0.29, 0.717) is 22.4 Å². The molecule has 10 nitrogen and oxygen atoms in total. The topological polar surface area (TPSA) is 157 Å². The van der Waals surface area contributed by atoms with E-state index in [1.165, 1.54) is 6.07 Å². The van der Waals surface area contributed by atoms with Crippen molar-refractivity contribution in [2.24, 2.45) is 15.9 Å². The molecular weight excluding hydrogens is 637 g/mol. The van der Waals surface area contributed by atoms with Gasteiger partial charge in [0.1, 0.15) is 12.4 Å². The molecule has 4 rings (SSSR count). The summed E-state index contributed by atoms with van der Waals surface area (Å²) >= 11 is 16.8. The summed E-state index contributed by atoms with van der Waals surface area (Å²) < 4.78 is 27.1. The Kier molecular flexibility index (Phi) is 10.6. The highest BCUT2D eigenvalue weighted by Crippen LogP contribution is 2.29. The highest BCUT2D eigenvalue weighted by atomic mass is 35.6. The Bertz CT molecular complexity index is 1610. The first-order chi connectivity index (χ1) is 20.3. The molecule has 0 heterocycles. The third kappa shape index (κ3) is 9.32. The van der Waals surface area contributed by atoms with Gasteiger partial charge >= 0.3 is 12.1 Å². The fourth-order valence-electron chi connectivity index (χ4n) is 4.83. The zero-order chi connectivity index (χ0) is 31.2. The molecule has 0 atom stereocenters. The summed E-state index contributed by atoms with van der Waals surface area (Å²) in [4.78, 5) is 31.0. The number of rotatable bonds is 8. The van der Waals surface area contributed by atoms with E-state index in [0.717, 1.165) is 31.2 Å². The van der Waals surface area contributed by atoms with Crippen molar-refractivity contribution in [2.45, 2.75) is 47.0 Å². The van der Waals surface area contributed by atoms with Crippen molar-refractivity contribution in [3.8, 4) is 11.1 Å². The summed E-state index contributed by atoms with van der Waals surface area (Å²) in [6, 6.07) is 20.1. The first kappa shape index (κ1) is 32.6. The number of sulfonamides is 1. The third-order valence-corrected chi connectivity index (χ3v) is 8.11. The molecule has 1 aliphatic carbocycles. The Labute approximate surface area is 265 Å². The van der Waals surface area contributed by atoms with Crippen molar-refractivity contribution in [2.75, 3.05) is 11.9 Å². The van der Waals surface area contributed by atoms with Crippen molar-refractivity contribution in [3.63, 3.8) is 0 Å². The van der Waals surface area contributed by atoms with Gasteiger partial charge < -0.3 is 20.7 Å². The van der Waals surface area contributed by atoms with Crippen LogP contribution in [-0.2, 0) is 21.3 Å². The molecule has 0 aromatic heterocycles. The van der Waals surface area contributed by atoms with E-state index < -0.39 is 26.5 Å². The summed E-state index contributed by atoms with van der Waals surface area (Å²) in [6.07, 6.45) is 2.77. The van der Waals surface area contributed by atoms with Crippen LogP contribution in [-0.4, -0.2) is 47.7 Å². The molecule has 0 radical (unpaired) electrons. The van der Waals surface area contributed by atoms with E-state index >= 15 is 0 Å². The first-order valence-corrected chi connectivity index (χ1v) is 15.9. The van der Waals surface area contributed by atoms with Crippen LogP contribution in [0.15, 0.2) is 82.7 Å². The van der Waals surface area contributed by atoms with Crippen LogP contribution in [0.3, 0.4) is 0 Å². The molecule has 0 aliphatic heterocycles. The number of primary sulfonamides is 1. The summed E-state index contributed by atoms with van der Waals surface area (Å²) in [5.41, 5.74) is 8.92. The molecule has 3 aromatic carbocycles. The number of carbonyl (C=O) groups is 2. The number of hydrogen-bond acceptors (Lipinski definition) is 5. The number of amides is 3. The second-order valence-electron chi connectivity index (χ2n) is 9.98. The molecule has 1 aliphatic rings. The van der Waals surface area contributed by atoms with Gasteiger partial charge in [0.05, 0.1) is 4.90 Å². The minimum absolute atomic E-state index is 0.0202. The average molecular weight is 667 g/mol. The van der Waals surface area contributed by atoms with Crippen molar-refractivity contribution in [1.82, 2.24) is 4.90 Å². The summed E-state index contributed by atoms with van der Waals surface area (Å²) in [7, 11) is -3.91. The van der Waals surface area contributed by atoms with Gasteiger partial charge in [-0.2, -0.15) is 4.99 Å². The number of carbonyl (C=O) groups excluding carboxylic acids is 2. The molecule has 1 fully saturated rings.